The van der Waals surface area contributed by atoms with Gasteiger partial charge in [0.1, 0.15) is 6.67 Å². The lowest BCUT2D eigenvalue weighted by Gasteiger charge is -2.09. The van der Waals surface area contributed by atoms with Gasteiger partial charge in [-0.25, -0.2) is 8.78 Å². The van der Waals surface area contributed by atoms with Crippen LogP contribution in [0.25, 0.3) is 0 Å². The van der Waals surface area contributed by atoms with Crippen molar-refractivity contribution >= 4 is 0 Å². The summed E-state index contributed by atoms with van der Waals surface area (Å²) in [5.74, 6) is 0. The van der Waals surface area contributed by atoms with Crippen LogP contribution < -0.4 is 0 Å². The molecule has 44 valence electrons. The Bertz CT molecular complexity index is 47.7. The van der Waals surface area contributed by atoms with Crippen molar-refractivity contribution in [1.82, 2.24) is 0 Å². The van der Waals surface area contributed by atoms with Crippen LogP contribution in [0.3, 0.4) is 0 Å². The summed E-state index contributed by atoms with van der Waals surface area (Å²) in [4.78, 5) is 0. The van der Waals surface area contributed by atoms with Crippen molar-refractivity contribution in [2.24, 2.45) is 0 Å². The highest BCUT2D eigenvalue weighted by atomic mass is 19.2. The van der Waals surface area contributed by atoms with E-state index < -0.39 is 19.0 Å². The molecule has 1 nitrogen and oxygen atoms in total. The minimum Gasteiger partial charge on any atom is -0.393 e. The average Bonchev–Trinajstić information content (AvgIpc) is 1.68. The Morgan fingerprint density at radius 2 is 2.14 bits per heavy atom. The first-order valence-electron chi connectivity index (χ1n) is 1.98. The van der Waals surface area contributed by atoms with Gasteiger partial charge in [-0.1, -0.05) is 0 Å². The van der Waals surface area contributed by atoms with Crippen LogP contribution in [-0.2, 0) is 0 Å². The smallest absolute Gasteiger partial charge is 0.159 e. The fourth-order valence-corrected chi connectivity index (χ4v) is 0.0423. The Kier molecular flexibility index (Phi) is 2.15. The summed E-state index contributed by atoms with van der Waals surface area (Å²) in [6.07, 6.45) is 0. The minimum atomic E-state index is -2.03. The van der Waals surface area contributed by atoms with Gasteiger partial charge in [-0.2, -0.15) is 0 Å². The topological polar surface area (TPSA) is 20.2 Å². The van der Waals surface area contributed by atoms with E-state index in [0.29, 0.717) is 0 Å². The quantitative estimate of drug-likeness (QED) is 0.554. The van der Waals surface area contributed by atoms with Crippen molar-refractivity contribution < 1.29 is 13.9 Å². The first kappa shape index (κ1) is 6.82. The maximum absolute atomic E-state index is 11.9. The molecule has 1 unspecified atom stereocenters. The molecular weight excluding hydrogens is 102 g/mol. The molecule has 0 amide bonds. The van der Waals surface area contributed by atoms with E-state index in [9.17, 15) is 8.78 Å². The van der Waals surface area contributed by atoms with E-state index in [1.54, 1.807) is 0 Å². The van der Waals surface area contributed by atoms with E-state index in [-0.39, 0.29) is 0 Å². The lowest BCUT2D eigenvalue weighted by molar-refractivity contribution is 0.0631. The highest BCUT2D eigenvalue weighted by molar-refractivity contribution is 4.68. The predicted octanol–water partition coefficient (Wildman–Crippen LogP) is 0.676. The van der Waals surface area contributed by atoms with Crippen LogP contribution in [0.5, 0.6) is 0 Å². The maximum Gasteiger partial charge on any atom is 0.159 e. The van der Waals surface area contributed by atoms with Crippen molar-refractivity contribution in [2.45, 2.75) is 12.6 Å². The molecule has 0 heterocycles. The molecule has 0 aliphatic rings. The largest absolute Gasteiger partial charge is 0.393 e. The van der Waals surface area contributed by atoms with Crippen LogP contribution in [0, 0.1) is 0 Å². The molecule has 0 bridgehead atoms. The number of hydrogen-bond acceptors (Lipinski definition) is 1. The molecule has 0 spiro atoms. The van der Waals surface area contributed by atoms with Crippen molar-refractivity contribution in [3.63, 3.8) is 0 Å². The van der Waals surface area contributed by atoms with Crippen LogP contribution in [0.4, 0.5) is 8.78 Å². The molecule has 1 N–H and O–H groups in total. The first-order valence-corrected chi connectivity index (χ1v) is 1.98. The third kappa shape index (κ3) is 2.51. The third-order valence-electron chi connectivity index (χ3n) is 0.608. The summed E-state index contributed by atoms with van der Waals surface area (Å²) in [5.41, 5.74) is -2.03. The van der Waals surface area contributed by atoms with Gasteiger partial charge in [0.25, 0.3) is 0 Å². The fourth-order valence-electron chi connectivity index (χ4n) is 0.0423. The molecule has 7 heavy (non-hydrogen) atoms. The van der Waals surface area contributed by atoms with Crippen LogP contribution in [-0.4, -0.2) is 24.1 Å². The van der Waals surface area contributed by atoms with E-state index in [2.05, 4.69) is 0 Å². The summed E-state index contributed by atoms with van der Waals surface area (Å²) in [7, 11) is 0. The maximum atomic E-state index is 11.9. The van der Waals surface area contributed by atoms with Gasteiger partial charge in [0, 0.05) is 0 Å². The Morgan fingerprint density at radius 3 is 2.14 bits per heavy atom. The highest BCUT2D eigenvalue weighted by Crippen LogP contribution is 2.07. The van der Waals surface area contributed by atoms with Gasteiger partial charge in [0.05, 0.1) is 6.61 Å². The molecule has 3 heteroatoms. The second-order valence-electron chi connectivity index (χ2n) is 1.71. The van der Waals surface area contributed by atoms with Crippen LogP contribution >= 0.6 is 0 Å². The molecule has 0 aromatic heterocycles. The summed E-state index contributed by atoms with van der Waals surface area (Å²) in [6.45, 7) is -0.861. The first-order chi connectivity index (χ1) is 3.12. The molecule has 1 atom stereocenters. The van der Waals surface area contributed by atoms with Gasteiger partial charge in [0.15, 0.2) is 5.67 Å². The molecule has 0 aliphatic carbocycles. The standard InChI is InChI=1S/C4H8F2O/c1-4(6,2-5)3-7/h7H,2-3H2,1H3. The second kappa shape index (κ2) is 2.21. The number of alkyl halides is 2. The number of aliphatic hydroxyl groups is 1. The van der Waals surface area contributed by atoms with Gasteiger partial charge in [-0.05, 0) is 6.92 Å². The minimum absolute atomic E-state index is 0.747. The molecule has 0 aromatic carbocycles. The average molecular weight is 110 g/mol. The SMILES string of the molecule is CC(F)(CO)CF. The Hall–Kier alpha value is -0.180. The molecule has 0 aliphatic heterocycles. The number of rotatable bonds is 2. The highest BCUT2D eigenvalue weighted by Gasteiger charge is 2.20. The van der Waals surface area contributed by atoms with E-state index in [1.165, 1.54) is 0 Å². The van der Waals surface area contributed by atoms with Gasteiger partial charge in [0.2, 0.25) is 0 Å². The second-order valence-corrected chi connectivity index (χ2v) is 1.71. The number of halogens is 2. The van der Waals surface area contributed by atoms with Crippen molar-refractivity contribution in [1.29, 1.82) is 0 Å². The zero-order valence-corrected chi connectivity index (χ0v) is 4.12. The van der Waals surface area contributed by atoms with Gasteiger partial charge in [-0.15, -0.1) is 0 Å². The van der Waals surface area contributed by atoms with Crippen molar-refractivity contribution in [2.75, 3.05) is 13.3 Å². The van der Waals surface area contributed by atoms with Crippen LogP contribution in [0.2, 0.25) is 0 Å². The van der Waals surface area contributed by atoms with Crippen LogP contribution in [0.1, 0.15) is 6.92 Å². The van der Waals surface area contributed by atoms with E-state index in [4.69, 9.17) is 5.11 Å². The zero-order chi connectivity index (χ0) is 5.91. The Labute approximate surface area is 41.0 Å². The molecule has 0 saturated carbocycles. The van der Waals surface area contributed by atoms with E-state index in [1.807, 2.05) is 0 Å². The summed E-state index contributed by atoms with van der Waals surface area (Å²) < 4.78 is 23.2. The Balaban J connectivity index is 3.36. The lowest BCUT2D eigenvalue weighted by atomic mass is 10.2. The number of aliphatic hydroxyl groups excluding tert-OH is 1. The fraction of sp³-hybridized carbons (Fsp3) is 1.00. The van der Waals surface area contributed by atoms with E-state index in [0.717, 1.165) is 6.92 Å². The molecule has 0 radical (unpaired) electrons. The van der Waals surface area contributed by atoms with Crippen molar-refractivity contribution in [3.8, 4) is 0 Å². The normalized spacial score (nSPS) is 18.9. The van der Waals surface area contributed by atoms with Gasteiger partial charge in [-0.3, -0.25) is 0 Å². The lowest BCUT2D eigenvalue weighted by Crippen LogP contribution is -2.25. The third-order valence-corrected chi connectivity index (χ3v) is 0.608. The molecule has 0 aromatic rings. The number of hydrogen-bond donors (Lipinski definition) is 1. The summed E-state index contributed by atoms with van der Waals surface area (Å²) in [6, 6.07) is 0. The monoisotopic (exact) mass is 110 g/mol. The molecule has 0 rings (SSSR count). The summed E-state index contributed by atoms with van der Waals surface area (Å²) >= 11 is 0. The molecular formula is C4H8F2O. The van der Waals surface area contributed by atoms with Gasteiger partial charge < -0.3 is 5.11 Å². The summed E-state index contributed by atoms with van der Waals surface area (Å²) in [5, 5.41) is 7.98. The van der Waals surface area contributed by atoms with Crippen molar-refractivity contribution in [3.05, 3.63) is 0 Å². The van der Waals surface area contributed by atoms with Gasteiger partial charge >= 0.3 is 0 Å². The Morgan fingerprint density at radius 1 is 1.71 bits per heavy atom. The zero-order valence-electron chi connectivity index (χ0n) is 4.12. The molecule has 0 saturated heterocycles. The van der Waals surface area contributed by atoms with E-state index >= 15 is 0 Å². The predicted molar refractivity (Wildman–Crippen MR) is 22.6 cm³/mol. The van der Waals surface area contributed by atoms with Crippen LogP contribution in [0.15, 0.2) is 0 Å². The molecule has 0 fully saturated rings.